The molecule has 0 unspecified atom stereocenters. The molecule has 0 bridgehead atoms. The summed E-state index contributed by atoms with van der Waals surface area (Å²) in [7, 11) is 0. The fraction of sp³-hybridized carbons (Fsp3) is 0.417. The standard InChI is InChI=1S/C12H12F2O3/c1-6-2-3-8(10(14)9(6)13)12(17)4-7(5-12)11(15)16/h2-3,7,17H,4-5H2,1H3,(H,15,16). The summed E-state index contributed by atoms with van der Waals surface area (Å²) in [4.78, 5) is 10.6. The largest absolute Gasteiger partial charge is 0.481 e. The summed E-state index contributed by atoms with van der Waals surface area (Å²) >= 11 is 0. The fourth-order valence-electron chi connectivity index (χ4n) is 2.16. The number of hydrogen-bond donors (Lipinski definition) is 2. The molecule has 1 fully saturated rings. The molecule has 17 heavy (non-hydrogen) atoms. The number of aliphatic hydroxyl groups is 1. The van der Waals surface area contributed by atoms with E-state index in [-0.39, 0.29) is 24.0 Å². The minimum atomic E-state index is -1.55. The Hall–Kier alpha value is -1.49. The summed E-state index contributed by atoms with van der Waals surface area (Å²) in [6.07, 6.45) is -0.163. The van der Waals surface area contributed by atoms with Gasteiger partial charge in [-0.1, -0.05) is 12.1 Å². The van der Waals surface area contributed by atoms with Gasteiger partial charge in [-0.25, -0.2) is 8.78 Å². The number of rotatable bonds is 2. The molecule has 0 amide bonds. The van der Waals surface area contributed by atoms with Gasteiger partial charge in [0.2, 0.25) is 0 Å². The van der Waals surface area contributed by atoms with Crippen molar-refractivity contribution in [2.75, 3.05) is 0 Å². The zero-order valence-corrected chi connectivity index (χ0v) is 9.20. The summed E-state index contributed by atoms with van der Waals surface area (Å²) in [6, 6.07) is 2.69. The first kappa shape index (κ1) is 12.0. The Bertz CT molecular complexity index is 479. The van der Waals surface area contributed by atoms with Crippen molar-refractivity contribution in [1.29, 1.82) is 0 Å². The number of aliphatic carboxylic acids is 1. The molecule has 5 heteroatoms. The predicted octanol–water partition coefficient (Wildman–Crippen LogP) is 1.96. The average molecular weight is 242 g/mol. The number of aryl methyl sites for hydroxylation is 1. The van der Waals surface area contributed by atoms with Gasteiger partial charge in [0, 0.05) is 5.56 Å². The summed E-state index contributed by atoms with van der Waals surface area (Å²) in [5.41, 5.74) is -1.55. The number of carbonyl (C=O) groups is 1. The molecule has 1 aliphatic rings. The third-order valence-electron chi connectivity index (χ3n) is 3.29. The third kappa shape index (κ3) is 1.80. The summed E-state index contributed by atoms with van der Waals surface area (Å²) in [5, 5.41) is 18.7. The minimum absolute atomic E-state index is 0.0816. The molecule has 0 heterocycles. The Labute approximate surface area is 96.7 Å². The van der Waals surface area contributed by atoms with Gasteiger partial charge in [-0.05, 0) is 25.3 Å². The summed E-state index contributed by atoms with van der Waals surface area (Å²) in [5.74, 6) is -3.79. The SMILES string of the molecule is Cc1ccc(C2(O)CC(C(=O)O)C2)c(F)c1F. The molecule has 2 rings (SSSR count). The van der Waals surface area contributed by atoms with Gasteiger partial charge in [0.25, 0.3) is 0 Å². The van der Waals surface area contributed by atoms with Crippen molar-refractivity contribution >= 4 is 5.97 Å². The molecule has 3 nitrogen and oxygen atoms in total. The van der Waals surface area contributed by atoms with Crippen molar-refractivity contribution in [3.8, 4) is 0 Å². The zero-order chi connectivity index (χ0) is 12.8. The predicted molar refractivity (Wildman–Crippen MR) is 55.4 cm³/mol. The van der Waals surface area contributed by atoms with Crippen LogP contribution in [-0.4, -0.2) is 16.2 Å². The van der Waals surface area contributed by atoms with Gasteiger partial charge in [-0.15, -0.1) is 0 Å². The normalized spacial score (nSPS) is 27.6. The highest BCUT2D eigenvalue weighted by Crippen LogP contribution is 2.46. The van der Waals surface area contributed by atoms with Crippen LogP contribution in [0.4, 0.5) is 8.78 Å². The van der Waals surface area contributed by atoms with Gasteiger partial charge in [0.15, 0.2) is 11.6 Å². The van der Waals surface area contributed by atoms with Crippen molar-refractivity contribution in [2.24, 2.45) is 5.92 Å². The molecule has 0 saturated heterocycles. The van der Waals surface area contributed by atoms with E-state index in [0.717, 1.165) is 0 Å². The Morgan fingerprint density at radius 3 is 2.47 bits per heavy atom. The second kappa shape index (κ2) is 3.77. The van der Waals surface area contributed by atoms with E-state index in [1.165, 1.54) is 19.1 Å². The van der Waals surface area contributed by atoms with Crippen LogP contribution < -0.4 is 0 Å². The topological polar surface area (TPSA) is 57.5 Å². The molecule has 0 atom stereocenters. The van der Waals surface area contributed by atoms with E-state index in [1.807, 2.05) is 0 Å². The molecule has 1 aromatic rings. The van der Waals surface area contributed by atoms with Crippen molar-refractivity contribution in [3.63, 3.8) is 0 Å². The van der Waals surface area contributed by atoms with Crippen molar-refractivity contribution in [2.45, 2.75) is 25.4 Å². The molecule has 1 saturated carbocycles. The van der Waals surface area contributed by atoms with E-state index in [0.29, 0.717) is 0 Å². The van der Waals surface area contributed by atoms with Gasteiger partial charge in [-0.3, -0.25) is 4.79 Å². The van der Waals surface area contributed by atoms with Crippen LogP contribution in [0.5, 0.6) is 0 Å². The zero-order valence-electron chi connectivity index (χ0n) is 9.20. The first-order valence-corrected chi connectivity index (χ1v) is 5.25. The lowest BCUT2D eigenvalue weighted by Crippen LogP contribution is -2.45. The quantitative estimate of drug-likeness (QED) is 0.833. The van der Waals surface area contributed by atoms with Gasteiger partial charge in [0.05, 0.1) is 11.5 Å². The number of halogens is 2. The van der Waals surface area contributed by atoms with Gasteiger partial charge >= 0.3 is 5.97 Å². The summed E-state index contributed by atoms with van der Waals surface area (Å²) < 4.78 is 27.0. The van der Waals surface area contributed by atoms with E-state index >= 15 is 0 Å². The highest BCUT2D eigenvalue weighted by atomic mass is 19.2. The molecule has 0 aliphatic heterocycles. The van der Waals surface area contributed by atoms with E-state index in [9.17, 15) is 18.7 Å². The van der Waals surface area contributed by atoms with Gasteiger partial charge < -0.3 is 10.2 Å². The lowest BCUT2D eigenvalue weighted by molar-refractivity contribution is -0.159. The maximum atomic E-state index is 13.6. The minimum Gasteiger partial charge on any atom is -0.481 e. The number of carboxylic acid groups (broad SMARTS) is 1. The van der Waals surface area contributed by atoms with Crippen molar-refractivity contribution < 1.29 is 23.8 Å². The lowest BCUT2D eigenvalue weighted by atomic mass is 9.67. The molecule has 92 valence electrons. The molecule has 0 radical (unpaired) electrons. The average Bonchev–Trinajstić information content (AvgIpc) is 2.21. The Balaban J connectivity index is 2.31. The molecule has 1 aromatic carbocycles. The molecule has 0 spiro atoms. The van der Waals surface area contributed by atoms with E-state index in [2.05, 4.69) is 0 Å². The highest BCUT2D eigenvalue weighted by molar-refractivity contribution is 5.71. The second-order valence-electron chi connectivity index (χ2n) is 4.53. The molecule has 1 aliphatic carbocycles. The smallest absolute Gasteiger partial charge is 0.306 e. The van der Waals surface area contributed by atoms with Crippen LogP contribution in [0.25, 0.3) is 0 Å². The first-order valence-electron chi connectivity index (χ1n) is 5.25. The number of carboxylic acids is 1. The van der Waals surface area contributed by atoms with Crippen LogP contribution in [0, 0.1) is 24.5 Å². The van der Waals surface area contributed by atoms with Crippen LogP contribution in [0.15, 0.2) is 12.1 Å². The molecule has 2 N–H and O–H groups in total. The molecular formula is C12H12F2O3. The van der Waals surface area contributed by atoms with Crippen LogP contribution >= 0.6 is 0 Å². The van der Waals surface area contributed by atoms with Crippen LogP contribution in [0.1, 0.15) is 24.0 Å². The second-order valence-corrected chi connectivity index (χ2v) is 4.53. The maximum absolute atomic E-state index is 13.6. The fourth-order valence-corrected chi connectivity index (χ4v) is 2.16. The van der Waals surface area contributed by atoms with Crippen molar-refractivity contribution in [3.05, 3.63) is 34.9 Å². The van der Waals surface area contributed by atoms with E-state index in [1.54, 1.807) is 0 Å². The van der Waals surface area contributed by atoms with Crippen LogP contribution in [0.3, 0.4) is 0 Å². The maximum Gasteiger partial charge on any atom is 0.306 e. The summed E-state index contributed by atoms with van der Waals surface area (Å²) in [6.45, 7) is 1.42. The van der Waals surface area contributed by atoms with Crippen LogP contribution in [0.2, 0.25) is 0 Å². The Morgan fingerprint density at radius 2 is 1.94 bits per heavy atom. The highest BCUT2D eigenvalue weighted by Gasteiger charge is 2.49. The monoisotopic (exact) mass is 242 g/mol. The third-order valence-corrected chi connectivity index (χ3v) is 3.29. The Kier molecular flexibility index (Phi) is 2.66. The number of hydrogen-bond acceptors (Lipinski definition) is 2. The Morgan fingerprint density at radius 1 is 1.35 bits per heavy atom. The number of benzene rings is 1. The lowest BCUT2D eigenvalue weighted by Gasteiger charge is -2.42. The van der Waals surface area contributed by atoms with E-state index in [4.69, 9.17) is 5.11 Å². The van der Waals surface area contributed by atoms with E-state index < -0.39 is 29.1 Å². The molecule has 0 aromatic heterocycles. The first-order chi connectivity index (χ1) is 7.85. The van der Waals surface area contributed by atoms with Crippen LogP contribution in [-0.2, 0) is 10.4 Å². The van der Waals surface area contributed by atoms with Gasteiger partial charge in [0.1, 0.15) is 0 Å². The van der Waals surface area contributed by atoms with Crippen molar-refractivity contribution in [1.82, 2.24) is 0 Å². The van der Waals surface area contributed by atoms with Gasteiger partial charge in [-0.2, -0.15) is 0 Å². The molecular weight excluding hydrogens is 230 g/mol.